The molecule has 2 heterocycles. The predicted octanol–water partition coefficient (Wildman–Crippen LogP) is 3.71. The lowest BCUT2D eigenvalue weighted by atomic mass is 9.88. The van der Waals surface area contributed by atoms with Crippen LogP contribution in [0.4, 0.5) is 5.88 Å². The van der Waals surface area contributed by atoms with Crippen molar-refractivity contribution in [3.8, 4) is 0 Å². The number of rotatable bonds is 6. The van der Waals surface area contributed by atoms with E-state index >= 15 is 0 Å². The SMILES string of the molecule is Cc1n[nH]c(=O)c2c(NC(=O)COC(=O)[C@@H](c3ccc(Cl)cc3)C(C)C)oc(C)c12. The number of nitrogens with one attached hydrogen (secondary N) is 2. The molecule has 3 aromatic rings. The largest absolute Gasteiger partial charge is 0.455 e. The molecule has 0 aliphatic heterocycles. The highest BCUT2D eigenvalue weighted by Crippen LogP contribution is 2.29. The number of aromatic amines is 1. The van der Waals surface area contributed by atoms with Crippen LogP contribution in [-0.2, 0) is 14.3 Å². The zero-order valence-corrected chi connectivity index (χ0v) is 17.8. The van der Waals surface area contributed by atoms with Crippen LogP contribution in [-0.4, -0.2) is 28.7 Å². The number of hydrogen-bond donors (Lipinski definition) is 2. The third-order valence-electron chi connectivity index (χ3n) is 4.75. The van der Waals surface area contributed by atoms with Crippen molar-refractivity contribution in [1.82, 2.24) is 10.2 Å². The number of halogens is 1. The molecular formula is C21H22ClN3O5. The van der Waals surface area contributed by atoms with Gasteiger partial charge >= 0.3 is 5.97 Å². The molecule has 30 heavy (non-hydrogen) atoms. The summed E-state index contributed by atoms with van der Waals surface area (Å²) < 4.78 is 10.8. The molecule has 1 aromatic carbocycles. The van der Waals surface area contributed by atoms with Crippen LogP contribution in [0.15, 0.2) is 33.5 Å². The number of anilines is 1. The highest BCUT2D eigenvalue weighted by atomic mass is 35.5. The Morgan fingerprint density at radius 3 is 2.50 bits per heavy atom. The van der Waals surface area contributed by atoms with Crippen LogP contribution in [0.5, 0.6) is 0 Å². The third kappa shape index (κ3) is 4.38. The second-order valence-electron chi connectivity index (χ2n) is 7.30. The van der Waals surface area contributed by atoms with E-state index in [9.17, 15) is 14.4 Å². The Morgan fingerprint density at radius 2 is 1.87 bits per heavy atom. The minimum atomic E-state index is -0.619. The van der Waals surface area contributed by atoms with Gasteiger partial charge in [-0.05, 0) is 37.5 Å². The monoisotopic (exact) mass is 431 g/mol. The lowest BCUT2D eigenvalue weighted by Gasteiger charge is -2.19. The van der Waals surface area contributed by atoms with Crippen molar-refractivity contribution in [3.63, 3.8) is 0 Å². The molecule has 0 unspecified atom stereocenters. The van der Waals surface area contributed by atoms with Gasteiger partial charge in [0.25, 0.3) is 11.5 Å². The van der Waals surface area contributed by atoms with Crippen molar-refractivity contribution >= 4 is 40.1 Å². The topological polar surface area (TPSA) is 114 Å². The van der Waals surface area contributed by atoms with Crippen LogP contribution < -0.4 is 10.9 Å². The number of furan rings is 1. The van der Waals surface area contributed by atoms with Gasteiger partial charge in [-0.3, -0.25) is 19.7 Å². The molecule has 0 aliphatic carbocycles. The summed E-state index contributed by atoms with van der Waals surface area (Å²) in [5.41, 5.74) is 0.838. The highest BCUT2D eigenvalue weighted by molar-refractivity contribution is 6.30. The van der Waals surface area contributed by atoms with Gasteiger partial charge in [0.15, 0.2) is 6.61 Å². The molecule has 2 N–H and O–H groups in total. The number of aryl methyl sites for hydroxylation is 2. The Hall–Kier alpha value is -3.13. The van der Waals surface area contributed by atoms with Crippen molar-refractivity contribution in [2.45, 2.75) is 33.6 Å². The maximum absolute atomic E-state index is 12.6. The second kappa shape index (κ2) is 8.71. The number of carbonyl (C=O) groups is 2. The molecule has 0 spiro atoms. The predicted molar refractivity (Wildman–Crippen MR) is 113 cm³/mol. The van der Waals surface area contributed by atoms with Crippen LogP contribution >= 0.6 is 11.6 Å². The minimum absolute atomic E-state index is 0.00610. The van der Waals surface area contributed by atoms with E-state index in [1.807, 2.05) is 13.8 Å². The summed E-state index contributed by atoms with van der Waals surface area (Å²) in [4.78, 5) is 37.1. The summed E-state index contributed by atoms with van der Waals surface area (Å²) in [6.45, 7) is 6.66. The number of esters is 1. The van der Waals surface area contributed by atoms with Crippen LogP contribution in [0.2, 0.25) is 5.02 Å². The zero-order chi connectivity index (χ0) is 22.0. The first kappa shape index (κ1) is 21.6. The summed E-state index contributed by atoms with van der Waals surface area (Å²) in [5, 5.41) is 10.1. The Balaban J connectivity index is 1.72. The second-order valence-corrected chi connectivity index (χ2v) is 7.74. The van der Waals surface area contributed by atoms with Gasteiger partial charge in [-0.2, -0.15) is 5.10 Å². The number of nitrogens with zero attached hydrogens (tertiary/aromatic N) is 1. The summed E-state index contributed by atoms with van der Waals surface area (Å²) in [6.07, 6.45) is 0. The molecule has 0 saturated heterocycles. The van der Waals surface area contributed by atoms with E-state index < -0.39 is 30.0 Å². The Morgan fingerprint density at radius 1 is 1.20 bits per heavy atom. The van der Waals surface area contributed by atoms with E-state index in [0.29, 0.717) is 21.9 Å². The number of benzene rings is 1. The van der Waals surface area contributed by atoms with Gasteiger partial charge in [0, 0.05) is 5.02 Å². The fourth-order valence-corrected chi connectivity index (χ4v) is 3.51. The van der Waals surface area contributed by atoms with E-state index in [1.54, 1.807) is 38.1 Å². The van der Waals surface area contributed by atoms with Crippen LogP contribution in [0, 0.1) is 19.8 Å². The van der Waals surface area contributed by atoms with Crippen molar-refractivity contribution in [2.75, 3.05) is 11.9 Å². The van der Waals surface area contributed by atoms with E-state index in [4.69, 9.17) is 20.8 Å². The average molecular weight is 432 g/mol. The fraction of sp³-hybridized carbons (Fsp3) is 0.333. The first-order valence-electron chi connectivity index (χ1n) is 9.39. The molecule has 1 amide bonds. The average Bonchev–Trinajstić information content (AvgIpc) is 3.01. The number of H-pyrrole nitrogens is 1. The number of fused-ring (bicyclic) bond motifs is 1. The van der Waals surface area contributed by atoms with Crippen LogP contribution in [0.3, 0.4) is 0 Å². The normalized spacial score (nSPS) is 12.2. The maximum atomic E-state index is 12.6. The Bertz CT molecular complexity index is 1150. The molecule has 0 radical (unpaired) electrons. The Kier molecular flexibility index (Phi) is 6.26. The van der Waals surface area contributed by atoms with E-state index in [0.717, 1.165) is 5.56 Å². The van der Waals surface area contributed by atoms with Crippen molar-refractivity contribution in [3.05, 3.63) is 56.7 Å². The van der Waals surface area contributed by atoms with Crippen LogP contribution in [0.1, 0.15) is 36.8 Å². The lowest BCUT2D eigenvalue weighted by molar-refractivity contribution is -0.149. The maximum Gasteiger partial charge on any atom is 0.314 e. The number of amides is 1. The molecule has 0 fully saturated rings. The molecule has 3 rings (SSSR count). The van der Waals surface area contributed by atoms with Gasteiger partial charge in [-0.1, -0.05) is 37.6 Å². The number of aromatic nitrogens is 2. The quantitative estimate of drug-likeness (QED) is 0.575. The Labute approximate surface area is 177 Å². The summed E-state index contributed by atoms with van der Waals surface area (Å²) in [7, 11) is 0. The molecule has 9 heteroatoms. The zero-order valence-electron chi connectivity index (χ0n) is 17.0. The van der Waals surface area contributed by atoms with Gasteiger partial charge < -0.3 is 9.15 Å². The number of hydrogen-bond acceptors (Lipinski definition) is 6. The highest BCUT2D eigenvalue weighted by Gasteiger charge is 2.27. The van der Waals surface area contributed by atoms with Crippen molar-refractivity contribution in [1.29, 1.82) is 0 Å². The molecule has 1 atom stereocenters. The van der Waals surface area contributed by atoms with E-state index in [1.165, 1.54) is 0 Å². The minimum Gasteiger partial charge on any atom is -0.455 e. The van der Waals surface area contributed by atoms with Gasteiger partial charge in [-0.25, -0.2) is 5.10 Å². The first-order valence-corrected chi connectivity index (χ1v) is 9.77. The van der Waals surface area contributed by atoms with Crippen LogP contribution in [0.25, 0.3) is 10.8 Å². The molecule has 0 bridgehead atoms. The molecular weight excluding hydrogens is 410 g/mol. The van der Waals surface area contributed by atoms with Gasteiger partial charge in [0.1, 0.15) is 11.1 Å². The van der Waals surface area contributed by atoms with E-state index in [-0.39, 0.29) is 17.2 Å². The summed E-state index contributed by atoms with van der Waals surface area (Å²) in [6, 6.07) is 6.92. The summed E-state index contributed by atoms with van der Waals surface area (Å²) >= 11 is 5.91. The first-order chi connectivity index (χ1) is 14.2. The molecule has 158 valence electrons. The molecule has 8 nitrogen and oxygen atoms in total. The van der Waals surface area contributed by atoms with Gasteiger partial charge in [0.2, 0.25) is 5.88 Å². The third-order valence-corrected chi connectivity index (χ3v) is 5.00. The standard InChI is InChI=1S/C21H22ClN3O5/c1-10(2)16(13-5-7-14(22)8-6-13)21(28)29-9-15(26)23-20-18-17(12(4)30-20)11(3)24-25-19(18)27/h5-8,10,16H,9H2,1-4H3,(H,23,26)(H,25,27)/t16-/m1/s1. The number of carbonyl (C=O) groups excluding carboxylic acids is 2. The smallest absolute Gasteiger partial charge is 0.314 e. The lowest BCUT2D eigenvalue weighted by Crippen LogP contribution is -2.26. The van der Waals surface area contributed by atoms with E-state index in [2.05, 4.69) is 15.5 Å². The van der Waals surface area contributed by atoms with Gasteiger partial charge in [0.05, 0.1) is 17.0 Å². The molecule has 0 aliphatic rings. The molecule has 2 aromatic heterocycles. The van der Waals surface area contributed by atoms with Crippen molar-refractivity contribution < 1.29 is 18.7 Å². The molecule has 0 saturated carbocycles. The number of ether oxygens (including phenoxy) is 1. The fourth-order valence-electron chi connectivity index (χ4n) is 3.38. The van der Waals surface area contributed by atoms with Crippen molar-refractivity contribution in [2.24, 2.45) is 5.92 Å². The van der Waals surface area contributed by atoms with Gasteiger partial charge in [-0.15, -0.1) is 0 Å². The summed E-state index contributed by atoms with van der Waals surface area (Å²) in [5.74, 6) is -1.29.